The molecule has 0 atom stereocenters. The van der Waals surface area contributed by atoms with Gasteiger partial charge in [-0.25, -0.2) is 13.2 Å². The molecule has 0 bridgehead atoms. The van der Waals surface area contributed by atoms with Gasteiger partial charge in [0.05, 0.1) is 0 Å². The van der Waals surface area contributed by atoms with Crippen LogP contribution in [0.3, 0.4) is 0 Å². The number of halogens is 3. The summed E-state index contributed by atoms with van der Waals surface area (Å²) in [6, 6.07) is 4.51. The molecule has 0 N–H and O–H groups in total. The SMILES string of the molecule is Cc1ccc(CC(F)(F)C2CCC(C3CCC(C)CC3)CC2)cc1F. The molecular formula is C22H31F3. The molecule has 0 aromatic heterocycles. The minimum absolute atomic E-state index is 0.333. The Morgan fingerprint density at radius 2 is 1.48 bits per heavy atom. The number of hydrogen-bond acceptors (Lipinski definition) is 0. The predicted octanol–water partition coefficient (Wildman–Crippen LogP) is 6.94. The van der Waals surface area contributed by atoms with Gasteiger partial charge in [-0.05, 0) is 80.4 Å². The Morgan fingerprint density at radius 3 is 2.04 bits per heavy atom. The summed E-state index contributed by atoms with van der Waals surface area (Å²) in [7, 11) is 0. The van der Waals surface area contributed by atoms with Crippen LogP contribution in [-0.2, 0) is 6.42 Å². The summed E-state index contributed by atoms with van der Waals surface area (Å²) in [4.78, 5) is 0. The Labute approximate surface area is 150 Å². The topological polar surface area (TPSA) is 0 Å². The van der Waals surface area contributed by atoms with E-state index in [-0.39, 0.29) is 12.2 Å². The van der Waals surface area contributed by atoms with Crippen molar-refractivity contribution < 1.29 is 13.2 Å². The third-order valence-corrected chi connectivity index (χ3v) is 6.77. The van der Waals surface area contributed by atoms with Crippen LogP contribution in [0.5, 0.6) is 0 Å². The number of aryl methyl sites for hydroxylation is 1. The molecule has 2 saturated carbocycles. The number of alkyl halides is 2. The largest absolute Gasteiger partial charge is 0.254 e. The summed E-state index contributed by atoms with van der Waals surface area (Å²) < 4.78 is 43.1. The second-order valence-corrected chi connectivity index (χ2v) is 8.65. The zero-order chi connectivity index (χ0) is 18.0. The molecule has 0 radical (unpaired) electrons. The first-order chi connectivity index (χ1) is 11.8. The van der Waals surface area contributed by atoms with Gasteiger partial charge in [-0.2, -0.15) is 0 Å². The lowest BCUT2D eigenvalue weighted by atomic mass is 9.68. The van der Waals surface area contributed by atoms with Crippen molar-refractivity contribution in [2.75, 3.05) is 0 Å². The highest BCUT2D eigenvalue weighted by Crippen LogP contribution is 2.45. The van der Waals surface area contributed by atoms with Crippen molar-refractivity contribution in [2.45, 2.75) is 77.6 Å². The summed E-state index contributed by atoms with van der Waals surface area (Å²) in [6.07, 6.45) is 7.99. The second kappa shape index (κ2) is 7.72. The minimum Gasteiger partial charge on any atom is -0.207 e. The fourth-order valence-corrected chi connectivity index (χ4v) is 4.93. The van der Waals surface area contributed by atoms with Crippen LogP contribution >= 0.6 is 0 Å². The van der Waals surface area contributed by atoms with Gasteiger partial charge in [0.1, 0.15) is 5.82 Å². The minimum atomic E-state index is -2.73. The van der Waals surface area contributed by atoms with E-state index in [0.29, 0.717) is 29.9 Å². The standard InChI is InChI=1S/C22H31F3/c1-15-3-7-18(8-4-15)19-9-11-20(12-10-19)22(24,25)14-17-6-5-16(2)21(23)13-17/h5-6,13,15,18-20H,3-4,7-12,14H2,1-2H3. The highest BCUT2D eigenvalue weighted by Gasteiger charge is 2.42. The lowest BCUT2D eigenvalue weighted by Gasteiger charge is -2.39. The van der Waals surface area contributed by atoms with E-state index in [1.165, 1.54) is 31.7 Å². The Bertz CT molecular complexity index is 565. The van der Waals surface area contributed by atoms with E-state index in [4.69, 9.17) is 0 Å². The lowest BCUT2D eigenvalue weighted by Crippen LogP contribution is -2.35. The van der Waals surface area contributed by atoms with Crippen LogP contribution in [0.15, 0.2) is 18.2 Å². The van der Waals surface area contributed by atoms with Crippen molar-refractivity contribution in [3.63, 3.8) is 0 Å². The highest BCUT2D eigenvalue weighted by molar-refractivity contribution is 5.24. The van der Waals surface area contributed by atoms with Crippen LogP contribution in [0.4, 0.5) is 13.2 Å². The molecule has 3 rings (SSSR count). The molecule has 140 valence electrons. The molecule has 0 amide bonds. The van der Waals surface area contributed by atoms with Crippen molar-refractivity contribution in [1.82, 2.24) is 0 Å². The summed E-state index contributed by atoms with van der Waals surface area (Å²) in [6.45, 7) is 3.98. The molecule has 3 heteroatoms. The van der Waals surface area contributed by atoms with Gasteiger partial charge < -0.3 is 0 Å². The van der Waals surface area contributed by atoms with Crippen molar-refractivity contribution in [1.29, 1.82) is 0 Å². The first-order valence-corrected chi connectivity index (χ1v) is 9.98. The molecule has 0 nitrogen and oxygen atoms in total. The van der Waals surface area contributed by atoms with Crippen molar-refractivity contribution >= 4 is 0 Å². The zero-order valence-corrected chi connectivity index (χ0v) is 15.5. The maximum atomic E-state index is 14.7. The van der Waals surface area contributed by atoms with Crippen molar-refractivity contribution in [3.05, 3.63) is 35.1 Å². The smallest absolute Gasteiger partial charge is 0.207 e. The first kappa shape index (κ1) is 18.8. The second-order valence-electron chi connectivity index (χ2n) is 8.65. The molecule has 25 heavy (non-hydrogen) atoms. The van der Waals surface area contributed by atoms with Gasteiger partial charge in [0, 0.05) is 12.3 Å². The molecule has 1 aromatic rings. The zero-order valence-electron chi connectivity index (χ0n) is 15.5. The fraction of sp³-hybridized carbons (Fsp3) is 0.727. The lowest BCUT2D eigenvalue weighted by molar-refractivity contribution is -0.0776. The van der Waals surface area contributed by atoms with E-state index in [0.717, 1.165) is 24.7 Å². The third-order valence-electron chi connectivity index (χ3n) is 6.77. The monoisotopic (exact) mass is 352 g/mol. The third kappa shape index (κ3) is 4.60. The van der Waals surface area contributed by atoms with E-state index in [9.17, 15) is 13.2 Å². The molecular weight excluding hydrogens is 321 g/mol. The highest BCUT2D eigenvalue weighted by atomic mass is 19.3. The normalized spacial score (nSPS) is 31.1. The van der Waals surface area contributed by atoms with E-state index >= 15 is 0 Å². The molecule has 2 aliphatic rings. The van der Waals surface area contributed by atoms with Crippen molar-refractivity contribution in [2.24, 2.45) is 23.7 Å². The Hall–Kier alpha value is -0.990. The molecule has 0 spiro atoms. The fourth-order valence-electron chi connectivity index (χ4n) is 4.93. The maximum absolute atomic E-state index is 14.7. The summed E-state index contributed by atoms with van der Waals surface area (Å²) in [5.74, 6) is -1.41. The van der Waals surface area contributed by atoms with Crippen LogP contribution in [0.2, 0.25) is 0 Å². The number of hydrogen-bond donors (Lipinski definition) is 0. The molecule has 0 saturated heterocycles. The van der Waals surface area contributed by atoms with E-state index in [1.54, 1.807) is 19.1 Å². The van der Waals surface area contributed by atoms with E-state index in [2.05, 4.69) is 6.92 Å². The average Bonchev–Trinajstić information content (AvgIpc) is 2.59. The van der Waals surface area contributed by atoms with Gasteiger partial charge in [0.25, 0.3) is 5.92 Å². The molecule has 2 fully saturated rings. The molecule has 2 aliphatic carbocycles. The first-order valence-electron chi connectivity index (χ1n) is 9.98. The van der Waals surface area contributed by atoms with Gasteiger partial charge in [0.2, 0.25) is 0 Å². The average molecular weight is 352 g/mol. The Morgan fingerprint density at radius 1 is 0.920 bits per heavy atom. The van der Waals surface area contributed by atoms with Crippen LogP contribution in [-0.4, -0.2) is 5.92 Å². The van der Waals surface area contributed by atoms with E-state index < -0.39 is 11.8 Å². The molecule has 0 unspecified atom stereocenters. The number of benzene rings is 1. The molecule has 0 aliphatic heterocycles. The quantitative estimate of drug-likeness (QED) is 0.550. The van der Waals surface area contributed by atoms with Crippen LogP contribution < -0.4 is 0 Å². The predicted molar refractivity (Wildman–Crippen MR) is 96.4 cm³/mol. The van der Waals surface area contributed by atoms with Crippen molar-refractivity contribution in [3.8, 4) is 0 Å². The summed E-state index contributed by atoms with van der Waals surface area (Å²) in [5.41, 5.74) is 0.922. The van der Waals surface area contributed by atoms with Gasteiger partial charge in [-0.3, -0.25) is 0 Å². The molecule has 1 aromatic carbocycles. The number of rotatable bonds is 4. The van der Waals surface area contributed by atoms with Crippen LogP contribution in [0, 0.1) is 36.4 Å². The van der Waals surface area contributed by atoms with Gasteiger partial charge >= 0.3 is 0 Å². The van der Waals surface area contributed by atoms with Gasteiger partial charge in [-0.15, -0.1) is 0 Å². The van der Waals surface area contributed by atoms with Gasteiger partial charge in [0.15, 0.2) is 0 Å². The molecule has 0 heterocycles. The summed E-state index contributed by atoms with van der Waals surface area (Å²) in [5, 5.41) is 0. The van der Waals surface area contributed by atoms with E-state index in [1.807, 2.05) is 0 Å². The Kier molecular flexibility index (Phi) is 5.80. The van der Waals surface area contributed by atoms with Crippen LogP contribution in [0.25, 0.3) is 0 Å². The maximum Gasteiger partial charge on any atom is 0.254 e. The summed E-state index contributed by atoms with van der Waals surface area (Å²) >= 11 is 0. The Balaban J connectivity index is 1.54. The van der Waals surface area contributed by atoms with Gasteiger partial charge in [-0.1, -0.05) is 31.9 Å². The van der Waals surface area contributed by atoms with Crippen LogP contribution in [0.1, 0.15) is 69.4 Å².